The van der Waals surface area contributed by atoms with Gasteiger partial charge >= 0.3 is 12.0 Å². The average molecular weight is 391 g/mol. The monoisotopic (exact) mass is 391 g/mol. The van der Waals surface area contributed by atoms with Gasteiger partial charge in [-0.2, -0.15) is 0 Å². The first-order valence-corrected chi connectivity index (χ1v) is 9.02. The number of amides is 3. The van der Waals surface area contributed by atoms with Gasteiger partial charge in [-0.3, -0.25) is 9.59 Å². The smallest absolute Gasteiger partial charge is 0.323 e. The van der Waals surface area contributed by atoms with Gasteiger partial charge in [0.25, 0.3) is 5.91 Å². The number of hydrogen-bond acceptors (Lipinski definition) is 3. The first-order chi connectivity index (χ1) is 13.8. The molecular formula is C22H21N3O4. The molecule has 148 valence electrons. The topological polar surface area (TPSA) is 108 Å². The van der Waals surface area contributed by atoms with Crippen LogP contribution in [-0.4, -0.2) is 29.6 Å². The van der Waals surface area contributed by atoms with Crippen LogP contribution in [0.1, 0.15) is 21.5 Å². The molecular weight excluding hydrogens is 370 g/mol. The van der Waals surface area contributed by atoms with Crippen molar-refractivity contribution in [3.8, 4) is 0 Å². The lowest BCUT2D eigenvalue weighted by Crippen LogP contribution is -2.30. The molecule has 7 nitrogen and oxygen atoms in total. The van der Waals surface area contributed by atoms with E-state index in [-0.39, 0.29) is 11.3 Å². The lowest BCUT2D eigenvalue weighted by Gasteiger charge is -2.15. The van der Waals surface area contributed by atoms with Crippen molar-refractivity contribution >= 4 is 40.1 Å². The molecule has 0 aliphatic carbocycles. The number of aliphatic carboxylic acids is 1. The van der Waals surface area contributed by atoms with E-state index in [9.17, 15) is 14.4 Å². The van der Waals surface area contributed by atoms with Gasteiger partial charge in [0, 0.05) is 5.69 Å². The third-order valence-electron chi connectivity index (χ3n) is 4.50. The summed E-state index contributed by atoms with van der Waals surface area (Å²) in [6.45, 7) is 3.27. The van der Waals surface area contributed by atoms with Crippen molar-refractivity contribution in [2.24, 2.45) is 0 Å². The Hall–Kier alpha value is -3.87. The summed E-state index contributed by atoms with van der Waals surface area (Å²) in [5.74, 6) is -1.73. The molecule has 3 rings (SSSR count). The third-order valence-corrected chi connectivity index (χ3v) is 4.50. The van der Waals surface area contributed by atoms with E-state index in [1.54, 1.807) is 12.1 Å². The Bertz CT molecular complexity index is 1090. The number of rotatable bonds is 5. The molecule has 0 saturated heterocycles. The van der Waals surface area contributed by atoms with Gasteiger partial charge in [-0.25, -0.2) is 4.79 Å². The average Bonchev–Trinajstić information content (AvgIpc) is 2.68. The van der Waals surface area contributed by atoms with Crippen molar-refractivity contribution in [2.75, 3.05) is 17.2 Å². The number of aryl methyl sites for hydroxylation is 2. The molecule has 0 bridgehead atoms. The highest BCUT2D eigenvalue weighted by Crippen LogP contribution is 2.25. The predicted octanol–water partition coefficient (Wildman–Crippen LogP) is 3.92. The van der Waals surface area contributed by atoms with Crippen LogP contribution in [0.5, 0.6) is 0 Å². The van der Waals surface area contributed by atoms with Gasteiger partial charge in [-0.15, -0.1) is 0 Å². The number of carbonyl (C=O) groups is 3. The van der Waals surface area contributed by atoms with Crippen molar-refractivity contribution < 1.29 is 19.5 Å². The van der Waals surface area contributed by atoms with Crippen LogP contribution >= 0.6 is 0 Å². The van der Waals surface area contributed by atoms with Crippen LogP contribution in [-0.2, 0) is 4.79 Å². The van der Waals surface area contributed by atoms with E-state index in [4.69, 9.17) is 5.11 Å². The van der Waals surface area contributed by atoms with Gasteiger partial charge in [0.15, 0.2) is 0 Å². The Kier molecular flexibility index (Phi) is 5.78. The van der Waals surface area contributed by atoms with E-state index >= 15 is 0 Å². The second-order valence-corrected chi connectivity index (χ2v) is 6.67. The van der Waals surface area contributed by atoms with Gasteiger partial charge in [0.2, 0.25) is 0 Å². The maximum Gasteiger partial charge on any atom is 0.323 e. The van der Waals surface area contributed by atoms with E-state index < -0.39 is 24.5 Å². The molecule has 0 radical (unpaired) electrons. The Balaban J connectivity index is 1.92. The number of para-hydroxylation sites is 1. The zero-order valence-corrected chi connectivity index (χ0v) is 16.1. The highest BCUT2D eigenvalue weighted by molar-refractivity contribution is 6.10. The Morgan fingerprint density at radius 3 is 2.10 bits per heavy atom. The van der Waals surface area contributed by atoms with E-state index in [2.05, 4.69) is 16.0 Å². The lowest BCUT2D eigenvalue weighted by atomic mass is 10.0. The van der Waals surface area contributed by atoms with E-state index in [0.29, 0.717) is 5.69 Å². The molecule has 0 spiro atoms. The largest absolute Gasteiger partial charge is 0.480 e. The molecule has 4 N–H and O–H groups in total. The summed E-state index contributed by atoms with van der Waals surface area (Å²) in [5.41, 5.74) is 3.00. The molecule has 0 aromatic heterocycles. The van der Waals surface area contributed by atoms with Crippen LogP contribution in [0.25, 0.3) is 10.8 Å². The Labute approximate surface area is 167 Å². The number of carboxylic acids is 1. The number of carboxylic acid groups (broad SMARTS) is 1. The van der Waals surface area contributed by atoms with Gasteiger partial charge in [0.05, 0.1) is 11.3 Å². The highest BCUT2D eigenvalue weighted by atomic mass is 16.4. The van der Waals surface area contributed by atoms with Crippen LogP contribution in [0.2, 0.25) is 0 Å². The van der Waals surface area contributed by atoms with Crippen LogP contribution in [0, 0.1) is 13.8 Å². The molecule has 0 aliphatic rings. The van der Waals surface area contributed by atoms with Crippen molar-refractivity contribution in [2.45, 2.75) is 13.8 Å². The quantitative estimate of drug-likeness (QED) is 0.529. The second-order valence-electron chi connectivity index (χ2n) is 6.67. The number of hydrogen-bond donors (Lipinski definition) is 4. The van der Waals surface area contributed by atoms with Crippen molar-refractivity contribution in [3.63, 3.8) is 0 Å². The van der Waals surface area contributed by atoms with Crippen LogP contribution in [0.4, 0.5) is 16.2 Å². The maximum absolute atomic E-state index is 12.6. The summed E-state index contributed by atoms with van der Waals surface area (Å²) < 4.78 is 0. The number of urea groups is 1. The summed E-state index contributed by atoms with van der Waals surface area (Å²) >= 11 is 0. The normalized spacial score (nSPS) is 10.4. The zero-order chi connectivity index (χ0) is 21.0. The minimum atomic E-state index is -1.15. The lowest BCUT2D eigenvalue weighted by molar-refractivity contribution is -0.135. The molecule has 0 saturated carbocycles. The first-order valence-electron chi connectivity index (χ1n) is 9.02. The minimum Gasteiger partial charge on any atom is -0.480 e. The molecule has 3 amide bonds. The molecule has 0 unspecified atom stereocenters. The predicted molar refractivity (Wildman–Crippen MR) is 112 cm³/mol. The van der Waals surface area contributed by atoms with Gasteiger partial charge in [-0.05, 0) is 47.9 Å². The fourth-order valence-corrected chi connectivity index (χ4v) is 3.06. The molecule has 3 aromatic rings. The Morgan fingerprint density at radius 1 is 0.862 bits per heavy atom. The van der Waals surface area contributed by atoms with Gasteiger partial charge in [-0.1, -0.05) is 42.5 Å². The summed E-state index contributed by atoms with van der Waals surface area (Å²) in [6, 6.07) is 15.9. The van der Waals surface area contributed by atoms with Crippen molar-refractivity contribution in [1.29, 1.82) is 0 Å². The molecule has 3 aromatic carbocycles. The summed E-state index contributed by atoms with van der Waals surface area (Å²) in [7, 11) is 0. The van der Waals surface area contributed by atoms with Crippen molar-refractivity contribution in [1.82, 2.24) is 5.32 Å². The molecule has 0 aliphatic heterocycles. The summed E-state index contributed by atoms with van der Waals surface area (Å²) in [5, 5.41) is 18.3. The van der Waals surface area contributed by atoms with E-state index in [0.717, 1.165) is 21.9 Å². The first kappa shape index (κ1) is 19.9. The maximum atomic E-state index is 12.6. The number of fused-ring (bicyclic) bond motifs is 1. The number of anilines is 2. The highest BCUT2D eigenvalue weighted by Gasteiger charge is 2.16. The van der Waals surface area contributed by atoms with Crippen molar-refractivity contribution in [3.05, 3.63) is 71.3 Å². The minimum absolute atomic E-state index is 0.182. The third kappa shape index (κ3) is 4.70. The standard InChI is InChI=1S/C22H21N3O4/c1-13-6-5-7-14(2)20(13)25-22(29)24-18-11-16-9-4-3-8-15(16)10-17(18)21(28)23-12-19(26)27/h3-11H,12H2,1-2H3,(H,23,28)(H,26,27)(H2,24,25,29). The number of benzene rings is 3. The Morgan fingerprint density at radius 2 is 1.48 bits per heavy atom. The van der Waals surface area contributed by atoms with Crippen LogP contribution < -0.4 is 16.0 Å². The van der Waals surface area contributed by atoms with E-state index in [1.807, 2.05) is 56.3 Å². The molecule has 7 heteroatoms. The molecule has 0 fully saturated rings. The van der Waals surface area contributed by atoms with Gasteiger partial charge < -0.3 is 21.1 Å². The molecule has 0 heterocycles. The second kappa shape index (κ2) is 8.43. The van der Waals surface area contributed by atoms with Crippen LogP contribution in [0.15, 0.2) is 54.6 Å². The number of carbonyl (C=O) groups excluding carboxylic acids is 2. The number of nitrogens with one attached hydrogen (secondary N) is 3. The SMILES string of the molecule is Cc1cccc(C)c1NC(=O)Nc1cc2ccccc2cc1C(=O)NCC(=O)O. The van der Waals surface area contributed by atoms with Crippen LogP contribution in [0.3, 0.4) is 0 Å². The fourth-order valence-electron chi connectivity index (χ4n) is 3.06. The van der Waals surface area contributed by atoms with E-state index in [1.165, 1.54) is 0 Å². The zero-order valence-electron chi connectivity index (χ0n) is 16.1. The molecule has 29 heavy (non-hydrogen) atoms. The summed E-state index contributed by atoms with van der Waals surface area (Å²) in [4.78, 5) is 35.9. The summed E-state index contributed by atoms with van der Waals surface area (Å²) in [6.07, 6.45) is 0. The molecule has 0 atom stereocenters. The fraction of sp³-hybridized carbons (Fsp3) is 0.136. The van der Waals surface area contributed by atoms with Gasteiger partial charge in [0.1, 0.15) is 6.54 Å².